The Kier molecular flexibility index (Phi) is 7.82. The van der Waals surface area contributed by atoms with Gasteiger partial charge >= 0.3 is 0 Å². The Balaban J connectivity index is 1.47. The number of nitrogens with zero attached hydrogens (tertiary/aromatic N) is 4. The number of fused-ring (bicyclic) bond motifs is 1. The van der Waals surface area contributed by atoms with E-state index in [0.717, 1.165) is 15.2 Å². The third kappa shape index (κ3) is 5.56. The number of aliphatic hydroxyl groups excluding tert-OH is 1. The van der Waals surface area contributed by atoms with E-state index in [0.29, 0.717) is 36.2 Å². The van der Waals surface area contributed by atoms with E-state index >= 15 is 0 Å². The highest BCUT2D eigenvalue weighted by molar-refractivity contribution is 7.90. The van der Waals surface area contributed by atoms with Crippen molar-refractivity contribution in [2.45, 2.75) is 24.5 Å². The molecule has 0 radical (unpaired) electrons. The van der Waals surface area contributed by atoms with Gasteiger partial charge in [-0.15, -0.1) is 0 Å². The quantitative estimate of drug-likeness (QED) is 0.286. The molecule has 9 nitrogen and oxygen atoms in total. The fourth-order valence-corrected chi connectivity index (χ4v) is 6.72. The Hall–Kier alpha value is -4.03. The van der Waals surface area contributed by atoms with Crippen LogP contribution in [0.4, 0.5) is 10.1 Å². The van der Waals surface area contributed by atoms with Crippen LogP contribution in [0.15, 0.2) is 88.9 Å². The van der Waals surface area contributed by atoms with Crippen molar-refractivity contribution in [3.05, 3.63) is 112 Å². The molecule has 0 amide bonds. The van der Waals surface area contributed by atoms with E-state index in [4.69, 9.17) is 16.3 Å². The molecule has 12 heteroatoms. The standard InChI is InChI=1S/C31H28ClFN4O5S/c1-20-5-7-25(8-6-20)43(40,41)37-18-27(26-14-23(15-34-31(26)37)35-11-12-42-24(17-35)19-38)21-9-10-36(29(39)13-21)16-22-3-2-4-28(32)30(22)33/h2-10,13-15,18,24,38H,11-12,16-17,19H2,1H3. The molecule has 2 aromatic carbocycles. The third-order valence-electron chi connectivity index (χ3n) is 7.56. The number of morpholine rings is 1. The number of rotatable bonds is 7. The maximum Gasteiger partial charge on any atom is 0.269 e. The smallest absolute Gasteiger partial charge is 0.269 e. The van der Waals surface area contributed by atoms with Crippen LogP contribution >= 0.6 is 11.6 Å². The van der Waals surface area contributed by atoms with Crippen molar-refractivity contribution in [1.29, 1.82) is 0 Å². The lowest BCUT2D eigenvalue weighted by Gasteiger charge is -2.33. The minimum absolute atomic E-state index is 0.0240. The lowest BCUT2D eigenvalue weighted by Crippen LogP contribution is -2.44. The molecule has 1 unspecified atom stereocenters. The number of aromatic nitrogens is 3. The summed E-state index contributed by atoms with van der Waals surface area (Å²) in [7, 11) is -4.04. The summed E-state index contributed by atoms with van der Waals surface area (Å²) in [4.78, 5) is 19.9. The summed E-state index contributed by atoms with van der Waals surface area (Å²) in [5.74, 6) is -0.588. The van der Waals surface area contributed by atoms with Gasteiger partial charge in [0.2, 0.25) is 0 Å². The molecule has 4 heterocycles. The second-order valence-electron chi connectivity index (χ2n) is 10.4. The summed E-state index contributed by atoms with van der Waals surface area (Å²) in [6.07, 6.45) is 4.26. The molecule has 1 aliphatic rings. The van der Waals surface area contributed by atoms with Gasteiger partial charge in [-0.1, -0.05) is 41.4 Å². The van der Waals surface area contributed by atoms with E-state index in [1.54, 1.807) is 54.9 Å². The zero-order chi connectivity index (χ0) is 30.3. The van der Waals surface area contributed by atoms with Crippen molar-refractivity contribution in [2.24, 2.45) is 0 Å². The average Bonchev–Trinajstić information content (AvgIpc) is 3.40. The second kappa shape index (κ2) is 11.6. The normalized spacial score (nSPS) is 15.7. The summed E-state index contributed by atoms with van der Waals surface area (Å²) in [5.41, 5.74) is 2.69. The zero-order valence-electron chi connectivity index (χ0n) is 23.2. The highest BCUT2D eigenvalue weighted by Gasteiger charge is 2.26. The van der Waals surface area contributed by atoms with Gasteiger partial charge in [0.1, 0.15) is 5.82 Å². The van der Waals surface area contributed by atoms with Crippen LogP contribution in [0, 0.1) is 12.7 Å². The lowest BCUT2D eigenvalue weighted by molar-refractivity contribution is 0.00356. The van der Waals surface area contributed by atoms with Crippen LogP contribution in [0.3, 0.4) is 0 Å². The van der Waals surface area contributed by atoms with Gasteiger partial charge in [-0.3, -0.25) is 4.79 Å². The Morgan fingerprint density at radius 3 is 2.67 bits per heavy atom. The molecular weight excluding hydrogens is 595 g/mol. The molecule has 1 saturated heterocycles. The van der Waals surface area contributed by atoms with Crippen LogP contribution in [0.5, 0.6) is 0 Å². The van der Waals surface area contributed by atoms with E-state index in [9.17, 15) is 22.7 Å². The van der Waals surface area contributed by atoms with Gasteiger partial charge in [0.25, 0.3) is 15.6 Å². The van der Waals surface area contributed by atoms with Gasteiger partial charge in [0.05, 0.1) is 47.7 Å². The van der Waals surface area contributed by atoms with Gasteiger partial charge in [-0.25, -0.2) is 21.8 Å². The fraction of sp³-hybridized carbons (Fsp3) is 0.226. The molecule has 6 rings (SSSR count). The Labute approximate surface area is 252 Å². The molecule has 1 atom stereocenters. The third-order valence-corrected chi connectivity index (χ3v) is 9.52. The zero-order valence-corrected chi connectivity index (χ0v) is 24.7. The van der Waals surface area contributed by atoms with Crippen molar-refractivity contribution in [3.63, 3.8) is 0 Å². The van der Waals surface area contributed by atoms with Gasteiger partial charge in [-0.2, -0.15) is 0 Å². The predicted molar refractivity (Wildman–Crippen MR) is 163 cm³/mol. The minimum atomic E-state index is -4.04. The van der Waals surface area contributed by atoms with Crippen LogP contribution in [0.1, 0.15) is 11.1 Å². The highest BCUT2D eigenvalue weighted by Crippen LogP contribution is 2.34. The Morgan fingerprint density at radius 1 is 1.14 bits per heavy atom. The molecule has 5 aromatic rings. The number of hydrogen-bond acceptors (Lipinski definition) is 7. The minimum Gasteiger partial charge on any atom is -0.394 e. The molecule has 3 aromatic heterocycles. The average molecular weight is 623 g/mol. The SMILES string of the molecule is Cc1ccc(S(=O)(=O)n2cc(-c3ccn(Cc4cccc(Cl)c4F)c(=O)c3)c3cc(N4CCOC(CO)C4)cnc32)cc1. The predicted octanol–water partition coefficient (Wildman–Crippen LogP) is 4.45. The number of aryl methyl sites for hydroxylation is 1. The largest absolute Gasteiger partial charge is 0.394 e. The van der Waals surface area contributed by atoms with Crippen molar-refractivity contribution >= 4 is 38.3 Å². The van der Waals surface area contributed by atoms with E-state index in [-0.39, 0.29) is 40.4 Å². The number of ether oxygens (including phenoxy) is 1. The first-order valence-corrected chi connectivity index (χ1v) is 15.4. The monoisotopic (exact) mass is 622 g/mol. The molecule has 222 valence electrons. The van der Waals surface area contributed by atoms with Crippen molar-refractivity contribution in [1.82, 2.24) is 13.5 Å². The van der Waals surface area contributed by atoms with Crippen LogP contribution < -0.4 is 10.5 Å². The molecule has 0 spiro atoms. The van der Waals surface area contributed by atoms with Gasteiger partial charge in [0, 0.05) is 48.1 Å². The number of pyridine rings is 2. The summed E-state index contributed by atoms with van der Waals surface area (Å²) in [6, 6.07) is 16.1. The maximum atomic E-state index is 14.5. The summed E-state index contributed by atoms with van der Waals surface area (Å²) in [5, 5.41) is 10.1. The first-order valence-electron chi connectivity index (χ1n) is 13.6. The van der Waals surface area contributed by atoms with Crippen LogP contribution in [-0.2, 0) is 21.3 Å². The lowest BCUT2D eigenvalue weighted by atomic mass is 10.1. The molecule has 0 bridgehead atoms. The van der Waals surface area contributed by atoms with Crippen molar-refractivity contribution in [2.75, 3.05) is 31.2 Å². The number of halogens is 2. The van der Waals surface area contributed by atoms with E-state index in [1.165, 1.54) is 22.9 Å². The van der Waals surface area contributed by atoms with E-state index in [2.05, 4.69) is 4.98 Å². The van der Waals surface area contributed by atoms with Gasteiger partial charge in [-0.05, 0) is 42.8 Å². The number of hydrogen-bond donors (Lipinski definition) is 1. The maximum absolute atomic E-state index is 14.5. The Bertz CT molecular complexity index is 1990. The van der Waals surface area contributed by atoms with Gasteiger partial charge < -0.3 is 19.3 Å². The first-order chi connectivity index (χ1) is 20.7. The molecule has 1 fully saturated rings. The fourth-order valence-electron chi connectivity index (χ4n) is 5.20. The molecule has 43 heavy (non-hydrogen) atoms. The Morgan fingerprint density at radius 2 is 1.93 bits per heavy atom. The first kappa shape index (κ1) is 29.1. The molecule has 1 N–H and O–H groups in total. The molecular formula is C31H28ClFN4O5S. The number of aliphatic hydroxyl groups is 1. The topological polar surface area (TPSA) is 107 Å². The van der Waals surface area contributed by atoms with Crippen molar-refractivity contribution < 1.29 is 22.7 Å². The van der Waals surface area contributed by atoms with Crippen LogP contribution in [0.25, 0.3) is 22.2 Å². The summed E-state index contributed by atoms with van der Waals surface area (Å²) in [6.45, 7) is 3.15. The number of anilines is 1. The van der Waals surface area contributed by atoms with E-state index < -0.39 is 21.4 Å². The van der Waals surface area contributed by atoms with E-state index in [1.807, 2.05) is 17.9 Å². The molecule has 0 saturated carbocycles. The molecule has 1 aliphatic heterocycles. The highest BCUT2D eigenvalue weighted by atomic mass is 35.5. The van der Waals surface area contributed by atoms with Crippen LogP contribution in [-0.4, -0.2) is 59.5 Å². The van der Waals surface area contributed by atoms with Gasteiger partial charge in [0.15, 0.2) is 5.65 Å². The van der Waals surface area contributed by atoms with Crippen molar-refractivity contribution in [3.8, 4) is 11.1 Å². The second-order valence-corrected chi connectivity index (χ2v) is 12.7. The summed E-state index contributed by atoms with van der Waals surface area (Å²) >= 11 is 5.91. The molecule has 0 aliphatic carbocycles. The summed E-state index contributed by atoms with van der Waals surface area (Å²) < 4.78 is 50.2. The number of benzene rings is 2. The van der Waals surface area contributed by atoms with Crippen LogP contribution in [0.2, 0.25) is 5.02 Å².